The third kappa shape index (κ3) is 4.50. The number of fused-ring (bicyclic) bond motifs is 1. The number of carbonyl (C=O) groups is 3. The summed E-state index contributed by atoms with van der Waals surface area (Å²) >= 11 is 7.24. The second kappa shape index (κ2) is 9.48. The minimum absolute atomic E-state index is 0.0105. The number of esters is 1. The van der Waals surface area contributed by atoms with Crippen LogP contribution in [0.4, 0.5) is 4.79 Å². The van der Waals surface area contributed by atoms with Gasteiger partial charge in [-0.25, -0.2) is 4.79 Å². The Morgan fingerprint density at radius 1 is 1.06 bits per heavy atom. The van der Waals surface area contributed by atoms with Gasteiger partial charge in [0.25, 0.3) is 11.1 Å². The number of ether oxygens (including phenoxy) is 1. The number of furan rings is 1. The highest BCUT2D eigenvalue weighted by molar-refractivity contribution is 8.18. The molecule has 0 spiro atoms. The number of para-hydroxylation sites is 1. The van der Waals surface area contributed by atoms with E-state index in [1.807, 2.05) is 54.7 Å². The lowest BCUT2D eigenvalue weighted by Crippen LogP contribution is -2.27. The number of aromatic nitrogens is 1. The van der Waals surface area contributed by atoms with E-state index in [9.17, 15) is 14.4 Å². The smallest absolute Gasteiger partial charge is 0.373 e. The fourth-order valence-electron chi connectivity index (χ4n) is 3.94. The van der Waals surface area contributed by atoms with E-state index in [0.717, 1.165) is 38.7 Å². The summed E-state index contributed by atoms with van der Waals surface area (Å²) in [6, 6.07) is 18.5. The molecule has 1 aliphatic heterocycles. The monoisotopic (exact) mass is 506 g/mol. The molecular weight excluding hydrogens is 488 g/mol. The van der Waals surface area contributed by atoms with E-state index >= 15 is 0 Å². The molecule has 4 aromatic rings. The van der Waals surface area contributed by atoms with Gasteiger partial charge in [0.2, 0.25) is 5.76 Å². The Morgan fingerprint density at radius 2 is 1.83 bits per heavy atom. The minimum atomic E-state index is -0.626. The van der Waals surface area contributed by atoms with Gasteiger partial charge in [0.05, 0.1) is 18.6 Å². The van der Waals surface area contributed by atoms with Gasteiger partial charge in [0, 0.05) is 34.2 Å². The van der Waals surface area contributed by atoms with Crippen LogP contribution in [0.1, 0.15) is 27.4 Å². The number of nitrogens with zero attached hydrogens (tertiary/aromatic N) is 2. The average Bonchev–Trinajstić information content (AvgIpc) is 3.54. The number of carbonyl (C=O) groups excluding carboxylic acids is 3. The van der Waals surface area contributed by atoms with Crippen LogP contribution in [0, 0.1) is 0 Å². The quantitative estimate of drug-likeness (QED) is 0.237. The van der Waals surface area contributed by atoms with Crippen LogP contribution < -0.4 is 0 Å². The van der Waals surface area contributed by atoms with Crippen LogP contribution in [-0.4, -0.2) is 33.7 Å². The maximum atomic E-state index is 13.1. The number of amides is 2. The lowest BCUT2D eigenvalue weighted by molar-refractivity contribution is -0.123. The van der Waals surface area contributed by atoms with Gasteiger partial charge in [-0.15, -0.1) is 0 Å². The van der Waals surface area contributed by atoms with Crippen LogP contribution in [-0.2, 0) is 22.6 Å². The molecule has 1 saturated heterocycles. The highest BCUT2D eigenvalue weighted by Crippen LogP contribution is 2.35. The molecule has 3 heterocycles. The number of thioether (sulfide) groups is 1. The number of hydrogen-bond donors (Lipinski definition) is 0. The van der Waals surface area contributed by atoms with Crippen LogP contribution in [0.15, 0.2) is 76.2 Å². The lowest BCUT2D eigenvalue weighted by Gasteiger charge is -2.09. The first-order valence-corrected chi connectivity index (χ1v) is 11.9. The number of halogens is 1. The fraction of sp³-hybridized carbons (Fsp3) is 0.115. The Morgan fingerprint density at radius 3 is 2.63 bits per heavy atom. The number of methoxy groups -OCH3 is 1. The molecule has 9 heteroatoms. The third-order valence-corrected chi connectivity index (χ3v) is 6.92. The van der Waals surface area contributed by atoms with Crippen molar-refractivity contribution in [2.75, 3.05) is 7.11 Å². The summed E-state index contributed by atoms with van der Waals surface area (Å²) in [5.74, 6) is -0.723. The zero-order chi connectivity index (χ0) is 24.5. The first-order valence-electron chi connectivity index (χ1n) is 10.7. The third-order valence-electron chi connectivity index (χ3n) is 5.64. The van der Waals surface area contributed by atoms with Gasteiger partial charge in [0.15, 0.2) is 0 Å². The highest BCUT2D eigenvalue weighted by Gasteiger charge is 2.36. The minimum Gasteiger partial charge on any atom is -0.463 e. The van der Waals surface area contributed by atoms with Crippen molar-refractivity contribution >= 4 is 57.5 Å². The molecule has 2 amide bonds. The van der Waals surface area contributed by atoms with Crippen molar-refractivity contribution in [2.24, 2.45) is 0 Å². The molecule has 176 valence electrons. The largest absolute Gasteiger partial charge is 0.463 e. The maximum absolute atomic E-state index is 13.1. The molecule has 5 rings (SSSR count). The molecule has 0 N–H and O–H groups in total. The first-order chi connectivity index (χ1) is 16.9. The van der Waals surface area contributed by atoms with E-state index in [-0.39, 0.29) is 12.3 Å². The van der Waals surface area contributed by atoms with Gasteiger partial charge in [-0.05, 0) is 47.7 Å². The molecule has 2 aromatic heterocycles. The van der Waals surface area contributed by atoms with Gasteiger partial charge in [-0.2, -0.15) is 0 Å². The Labute approximate surface area is 209 Å². The molecule has 1 fully saturated rings. The molecule has 2 aromatic carbocycles. The number of hydrogen-bond acceptors (Lipinski definition) is 6. The normalized spacial score (nSPS) is 14.9. The maximum Gasteiger partial charge on any atom is 0.373 e. The summed E-state index contributed by atoms with van der Waals surface area (Å²) in [6.07, 6.45) is 3.69. The molecule has 0 atom stereocenters. The van der Waals surface area contributed by atoms with E-state index < -0.39 is 17.1 Å². The van der Waals surface area contributed by atoms with E-state index in [1.165, 1.54) is 13.2 Å². The molecule has 35 heavy (non-hydrogen) atoms. The number of benzene rings is 2. The van der Waals surface area contributed by atoms with Crippen molar-refractivity contribution in [1.82, 2.24) is 9.47 Å². The number of rotatable bonds is 6. The summed E-state index contributed by atoms with van der Waals surface area (Å²) in [6.45, 7) is 0.490. The van der Waals surface area contributed by atoms with Gasteiger partial charge in [-0.1, -0.05) is 48.0 Å². The summed E-state index contributed by atoms with van der Waals surface area (Å²) < 4.78 is 12.1. The molecule has 1 aliphatic rings. The van der Waals surface area contributed by atoms with E-state index in [1.54, 1.807) is 12.1 Å². The van der Waals surface area contributed by atoms with Gasteiger partial charge < -0.3 is 13.7 Å². The van der Waals surface area contributed by atoms with Crippen LogP contribution in [0.5, 0.6) is 0 Å². The van der Waals surface area contributed by atoms with Gasteiger partial charge in [0.1, 0.15) is 5.76 Å². The summed E-state index contributed by atoms with van der Waals surface area (Å²) in [5.41, 5.74) is 2.79. The van der Waals surface area contributed by atoms with Crippen LogP contribution >= 0.6 is 23.4 Å². The zero-order valence-electron chi connectivity index (χ0n) is 18.6. The summed E-state index contributed by atoms with van der Waals surface area (Å²) in [7, 11) is 1.25. The Balaban J connectivity index is 1.43. The van der Waals surface area contributed by atoms with E-state index in [4.69, 9.17) is 16.0 Å². The van der Waals surface area contributed by atoms with Crippen LogP contribution in [0.3, 0.4) is 0 Å². The molecule has 0 radical (unpaired) electrons. The molecule has 0 unspecified atom stereocenters. The van der Waals surface area contributed by atoms with Crippen molar-refractivity contribution in [2.45, 2.75) is 13.1 Å². The van der Waals surface area contributed by atoms with E-state index in [2.05, 4.69) is 9.30 Å². The predicted molar refractivity (Wildman–Crippen MR) is 134 cm³/mol. The van der Waals surface area contributed by atoms with Crippen LogP contribution in [0.2, 0.25) is 5.02 Å². The lowest BCUT2D eigenvalue weighted by atomic mass is 10.1. The molecule has 0 aliphatic carbocycles. The van der Waals surface area contributed by atoms with E-state index in [0.29, 0.717) is 22.2 Å². The number of imide groups is 1. The first kappa shape index (κ1) is 23.0. The second-order valence-electron chi connectivity index (χ2n) is 7.85. The van der Waals surface area contributed by atoms with Crippen molar-refractivity contribution in [3.63, 3.8) is 0 Å². The Hall–Kier alpha value is -3.75. The van der Waals surface area contributed by atoms with Crippen LogP contribution in [0.25, 0.3) is 17.0 Å². The van der Waals surface area contributed by atoms with Gasteiger partial charge >= 0.3 is 5.97 Å². The second-order valence-corrected chi connectivity index (χ2v) is 9.25. The zero-order valence-corrected chi connectivity index (χ0v) is 20.1. The average molecular weight is 507 g/mol. The van der Waals surface area contributed by atoms with Crippen molar-refractivity contribution < 1.29 is 23.5 Å². The Bertz CT molecular complexity index is 1500. The van der Waals surface area contributed by atoms with Crippen molar-refractivity contribution in [1.29, 1.82) is 0 Å². The Kier molecular flexibility index (Phi) is 6.23. The predicted octanol–water partition coefficient (Wildman–Crippen LogP) is 5.96. The highest BCUT2D eigenvalue weighted by atomic mass is 35.5. The topological polar surface area (TPSA) is 81.8 Å². The van der Waals surface area contributed by atoms with Crippen molar-refractivity contribution in [3.8, 4) is 0 Å². The summed E-state index contributed by atoms with van der Waals surface area (Å²) in [4.78, 5) is 38.7. The van der Waals surface area contributed by atoms with Crippen molar-refractivity contribution in [3.05, 3.63) is 99.4 Å². The molecule has 0 bridgehead atoms. The molecule has 7 nitrogen and oxygen atoms in total. The standard InChI is InChI=1S/C26H19ClN2O5S/c1-33-25(31)22-11-10-18(34-22)15-29-24(30)23(35-26(29)32)12-17-14-28(21-9-5-3-7-19(17)21)13-16-6-2-4-8-20(16)27/h2-12,14H,13,15H2,1H3/b23-12+. The summed E-state index contributed by atoms with van der Waals surface area (Å²) in [5, 5.41) is 1.23. The fourth-order valence-corrected chi connectivity index (χ4v) is 4.96. The molecular formula is C26H19ClN2O5S. The van der Waals surface area contributed by atoms with Gasteiger partial charge in [-0.3, -0.25) is 14.5 Å². The SMILES string of the molecule is COC(=O)c1ccc(CN2C(=O)S/C(=C/c3cn(Cc4ccccc4Cl)c4ccccc34)C2=O)o1. The molecule has 0 saturated carbocycles.